The highest BCUT2D eigenvalue weighted by Crippen LogP contribution is 2.16. The van der Waals surface area contributed by atoms with Crippen molar-refractivity contribution in [2.24, 2.45) is 0 Å². The normalized spacial score (nSPS) is 12.3. The summed E-state index contributed by atoms with van der Waals surface area (Å²) in [6.45, 7) is 3.55. The molecule has 0 aliphatic rings. The molecule has 0 radical (unpaired) electrons. The summed E-state index contributed by atoms with van der Waals surface area (Å²) in [6.07, 6.45) is 1.97. The molecule has 0 bridgehead atoms. The van der Waals surface area contributed by atoms with Crippen LogP contribution >= 0.6 is 22.7 Å². The highest BCUT2D eigenvalue weighted by atomic mass is 32.1. The third-order valence-corrected chi connectivity index (χ3v) is 7.60. The summed E-state index contributed by atoms with van der Waals surface area (Å²) in [5.74, 6) is -1.85. The van der Waals surface area contributed by atoms with Gasteiger partial charge in [-0.25, -0.2) is 9.97 Å². The fraction of sp³-hybridized carbons (Fsp3) is 0.520. The van der Waals surface area contributed by atoms with Gasteiger partial charge in [0, 0.05) is 17.2 Å². The summed E-state index contributed by atoms with van der Waals surface area (Å²) in [5.41, 5.74) is 1.07. The van der Waals surface area contributed by atoms with Crippen LogP contribution in [0, 0.1) is 0 Å². The maximum absolute atomic E-state index is 12.4. The van der Waals surface area contributed by atoms with Crippen LogP contribution in [0.3, 0.4) is 0 Å². The lowest BCUT2D eigenvalue weighted by Gasteiger charge is -2.11. The van der Waals surface area contributed by atoms with Crippen LogP contribution in [0.2, 0.25) is 0 Å². The Labute approximate surface area is 234 Å². The fourth-order valence-electron chi connectivity index (χ4n) is 3.58. The van der Waals surface area contributed by atoms with Gasteiger partial charge in [0.1, 0.15) is 10.7 Å². The molecule has 12 nitrogen and oxygen atoms in total. The molecule has 0 saturated heterocycles. The number of aromatic nitrogens is 2. The summed E-state index contributed by atoms with van der Waals surface area (Å²) in [6, 6.07) is -1.06. The van der Waals surface area contributed by atoms with Crippen molar-refractivity contribution in [2.75, 3.05) is 13.6 Å². The molecule has 0 aromatic carbocycles. The predicted octanol–water partition coefficient (Wildman–Crippen LogP) is 0.741. The Balaban J connectivity index is 1.75. The predicted molar refractivity (Wildman–Crippen MR) is 146 cm³/mol. The van der Waals surface area contributed by atoms with Gasteiger partial charge < -0.3 is 21.3 Å². The van der Waals surface area contributed by atoms with Gasteiger partial charge in [-0.1, -0.05) is 13.8 Å². The van der Waals surface area contributed by atoms with Gasteiger partial charge in [0.25, 0.3) is 0 Å². The molecule has 2 rings (SSSR count). The zero-order valence-electron chi connectivity index (χ0n) is 22.2. The van der Waals surface area contributed by atoms with Crippen LogP contribution in [0.15, 0.2) is 10.8 Å². The summed E-state index contributed by atoms with van der Waals surface area (Å²) in [7, 11) is 1.66. The van der Waals surface area contributed by atoms with Gasteiger partial charge >= 0.3 is 0 Å². The Kier molecular flexibility index (Phi) is 13.5. The van der Waals surface area contributed by atoms with E-state index in [1.54, 1.807) is 19.4 Å². The third kappa shape index (κ3) is 10.7. The van der Waals surface area contributed by atoms with E-state index in [9.17, 15) is 28.8 Å². The highest BCUT2D eigenvalue weighted by molar-refractivity contribution is 7.10. The van der Waals surface area contributed by atoms with Crippen molar-refractivity contribution in [1.82, 2.24) is 31.2 Å². The number of hydrogen-bond acceptors (Lipinski definition) is 11. The summed E-state index contributed by atoms with van der Waals surface area (Å²) in [5, 5.41) is 15.4. The molecule has 212 valence electrons. The van der Waals surface area contributed by atoms with Crippen molar-refractivity contribution in [3.8, 4) is 0 Å². The minimum Gasteiger partial charge on any atom is -0.349 e. The number of rotatable bonds is 19. The maximum Gasteiger partial charge on any atom is 0.227 e. The largest absolute Gasteiger partial charge is 0.349 e. The fourth-order valence-corrected chi connectivity index (χ4v) is 5.15. The van der Waals surface area contributed by atoms with Crippen LogP contribution in [0.4, 0.5) is 0 Å². The van der Waals surface area contributed by atoms with Crippen molar-refractivity contribution in [2.45, 2.75) is 71.0 Å². The van der Waals surface area contributed by atoms with Crippen LogP contribution < -0.4 is 21.3 Å². The Morgan fingerprint density at radius 3 is 2.15 bits per heavy atom. The van der Waals surface area contributed by atoms with Crippen LogP contribution in [-0.4, -0.2) is 71.2 Å². The first-order valence-electron chi connectivity index (χ1n) is 12.6. The Hall–Kier alpha value is -3.36. The molecule has 2 heterocycles. The van der Waals surface area contributed by atoms with E-state index in [1.807, 2.05) is 12.3 Å². The minimum absolute atomic E-state index is 0.190. The topological polar surface area (TPSA) is 176 Å². The summed E-state index contributed by atoms with van der Waals surface area (Å²) in [4.78, 5) is 79.9. The lowest BCUT2D eigenvalue weighted by Crippen LogP contribution is -2.38. The number of carbonyl (C=O) groups excluding carboxylic acids is 6. The number of nitrogens with one attached hydrogen (secondary N) is 4. The van der Waals surface area contributed by atoms with Crippen molar-refractivity contribution in [3.05, 3.63) is 32.2 Å². The van der Waals surface area contributed by atoms with Gasteiger partial charge in [0.15, 0.2) is 11.6 Å². The van der Waals surface area contributed by atoms with E-state index in [-0.39, 0.29) is 55.0 Å². The molecule has 2 aromatic rings. The van der Waals surface area contributed by atoms with E-state index in [0.29, 0.717) is 37.1 Å². The number of likely N-dealkylation sites (N-methyl/N-ethyl adjacent to an activating group) is 1. The molecule has 2 unspecified atom stereocenters. The van der Waals surface area contributed by atoms with Crippen LogP contribution in [-0.2, 0) is 43.4 Å². The van der Waals surface area contributed by atoms with Gasteiger partial charge in [0.05, 0.1) is 48.7 Å². The monoisotopic (exact) mass is 578 g/mol. The number of nitrogens with zero attached hydrogens (tertiary/aromatic N) is 2. The van der Waals surface area contributed by atoms with Gasteiger partial charge in [0.2, 0.25) is 24.0 Å². The number of carbonyl (C=O) groups is 6. The van der Waals surface area contributed by atoms with Gasteiger partial charge in [-0.05, 0) is 26.3 Å². The van der Waals surface area contributed by atoms with E-state index in [0.717, 1.165) is 10.7 Å². The van der Waals surface area contributed by atoms with Crippen molar-refractivity contribution < 1.29 is 28.8 Å². The number of amides is 3. The number of thiazole rings is 2. The maximum atomic E-state index is 12.4. The van der Waals surface area contributed by atoms with Gasteiger partial charge in [-0.3, -0.25) is 28.8 Å². The van der Waals surface area contributed by atoms with Crippen LogP contribution in [0.25, 0.3) is 0 Å². The zero-order chi connectivity index (χ0) is 28.8. The lowest BCUT2D eigenvalue weighted by molar-refractivity contribution is -0.131. The first kappa shape index (κ1) is 31.9. The van der Waals surface area contributed by atoms with Crippen molar-refractivity contribution >= 4 is 58.2 Å². The number of aryl methyl sites for hydroxylation is 2. The second-order valence-corrected chi connectivity index (χ2v) is 10.5. The van der Waals surface area contributed by atoms with E-state index in [1.165, 1.54) is 22.7 Å². The van der Waals surface area contributed by atoms with E-state index in [4.69, 9.17) is 0 Å². The Morgan fingerprint density at radius 1 is 0.872 bits per heavy atom. The van der Waals surface area contributed by atoms with Crippen LogP contribution in [0.5, 0.6) is 0 Å². The van der Waals surface area contributed by atoms with E-state index in [2.05, 4.69) is 31.2 Å². The van der Waals surface area contributed by atoms with Crippen molar-refractivity contribution in [3.63, 3.8) is 0 Å². The quantitative estimate of drug-likeness (QED) is 0.106. The van der Waals surface area contributed by atoms with E-state index < -0.39 is 17.9 Å². The second-order valence-electron chi connectivity index (χ2n) is 8.62. The summed E-state index contributed by atoms with van der Waals surface area (Å²) >= 11 is 2.72. The molecular weight excluding hydrogens is 544 g/mol. The average molecular weight is 579 g/mol. The molecule has 2 aromatic heterocycles. The smallest absolute Gasteiger partial charge is 0.227 e. The Morgan fingerprint density at radius 2 is 1.51 bits per heavy atom. The van der Waals surface area contributed by atoms with Gasteiger partial charge in [-0.2, -0.15) is 0 Å². The molecule has 0 aliphatic carbocycles. The number of Topliss-reactive ketones (excluding diaryl/α,β-unsaturated/α-hetero) is 3. The zero-order valence-corrected chi connectivity index (χ0v) is 23.8. The molecule has 0 saturated carbocycles. The average Bonchev–Trinajstić information content (AvgIpc) is 3.58. The molecule has 39 heavy (non-hydrogen) atoms. The SMILES string of the molecule is CCC(NC)C(=O)CC(=O)NCC(=O)c1csc(CCc2csc(CNC(=O)CC(=O)C(CC)NC=O)n2)n1. The molecular formula is C25H34N6O6S2. The Bertz CT molecular complexity index is 1160. The first-order valence-corrected chi connectivity index (χ1v) is 14.3. The molecule has 0 fully saturated rings. The van der Waals surface area contributed by atoms with Crippen LogP contribution in [0.1, 0.15) is 65.7 Å². The lowest BCUT2D eigenvalue weighted by atomic mass is 10.1. The van der Waals surface area contributed by atoms with Crippen molar-refractivity contribution in [1.29, 1.82) is 0 Å². The second kappa shape index (κ2) is 16.6. The van der Waals surface area contributed by atoms with Gasteiger partial charge in [-0.15, -0.1) is 22.7 Å². The minimum atomic E-state index is -0.673. The number of ketones is 3. The number of hydrogen-bond donors (Lipinski definition) is 4. The molecule has 3 amide bonds. The summed E-state index contributed by atoms with van der Waals surface area (Å²) < 4.78 is 0. The van der Waals surface area contributed by atoms with E-state index >= 15 is 0 Å². The molecule has 0 spiro atoms. The molecule has 14 heteroatoms. The molecule has 0 aliphatic heterocycles. The first-order chi connectivity index (χ1) is 18.7. The third-order valence-electron chi connectivity index (χ3n) is 5.80. The standard InChI is InChI=1S/C25H34N6O6S2/c1-4-16(26-3)19(33)8-22(36)27-10-21(35)18-13-39-24(31-18)7-6-15-12-38-25(30-15)11-28-23(37)9-20(34)17(5-2)29-14-32/h12-14,16-17,26H,4-11H2,1-3H3,(H,27,36)(H,28,37)(H,29,32). The molecule has 4 N–H and O–H groups in total. The highest BCUT2D eigenvalue weighted by Gasteiger charge is 2.20. The molecule has 2 atom stereocenters.